The van der Waals surface area contributed by atoms with Crippen molar-refractivity contribution in [2.75, 3.05) is 19.7 Å². The number of carbonyl (C=O) groups excluding carboxylic acids is 1. The summed E-state index contributed by atoms with van der Waals surface area (Å²) < 4.78 is 0. The fourth-order valence-corrected chi connectivity index (χ4v) is 2.68. The monoisotopic (exact) mass is 281 g/mol. The van der Waals surface area contributed by atoms with Crippen molar-refractivity contribution in [3.05, 3.63) is 22.4 Å². The third-order valence-electron chi connectivity index (χ3n) is 3.13. The quantitative estimate of drug-likeness (QED) is 0.520. The summed E-state index contributed by atoms with van der Waals surface area (Å²) in [6, 6.07) is 1.86. The van der Waals surface area contributed by atoms with E-state index in [9.17, 15) is 4.79 Å². The number of oxime groups is 1. The van der Waals surface area contributed by atoms with Crippen LogP contribution >= 0.6 is 11.3 Å². The van der Waals surface area contributed by atoms with E-state index in [2.05, 4.69) is 5.16 Å². The van der Waals surface area contributed by atoms with Crippen LogP contribution in [0.15, 0.2) is 22.0 Å². The summed E-state index contributed by atoms with van der Waals surface area (Å²) in [4.78, 5) is 18.8. The van der Waals surface area contributed by atoms with Crippen LogP contribution < -0.4 is 5.73 Å². The molecule has 0 unspecified atom stereocenters. The fraction of sp³-hybridized carbons (Fsp3) is 0.538. The molecule has 0 aliphatic carbocycles. The Kier molecular flexibility index (Phi) is 5.20. The maximum absolute atomic E-state index is 11.9. The van der Waals surface area contributed by atoms with Crippen LogP contribution in [0.25, 0.3) is 0 Å². The molecule has 0 spiro atoms. The van der Waals surface area contributed by atoms with Crippen LogP contribution in [0.4, 0.5) is 0 Å². The number of hydrogen-bond donors (Lipinski definition) is 1. The van der Waals surface area contributed by atoms with Crippen molar-refractivity contribution >= 4 is 23.1 Å². The van der Waals surface area contributed by atoms with E-state index in [1.807, 2.05) is 21.7 Å². The molecule has 1 fully saturated rings. The minimum absolute atomic E-state index is 0.0104. The number of nitrogens with zero attached hydrogens (tertiary/aromatic N) is 2. The van der Waals surface area contributed by atoms with Gasteiger partial charge < -0.3 is 15.5 Å². The zero-order chi connectivity index (χ0) is 13.5. The summed E-state index contributed by atoms with van der Waals surface area (Å²) >= 11 is 1.54. The minimum atomic E-state index is -0.0369. The van der Waals surface area contributed by atoms with E-state index in [1.165, 1.54) is 12.8 Å². The van der Waals surface area contributed by atoms with E-state index in [-0.39, 0.29) is 12.5 Å². The predicted octanol–water partition coefficient (Wildman–Crippen LogP) is 1.79. The minimum Gasteiger partial charge on any atom is -0.384 e. The van der Waals surface area contributed by atoms with Gasteiger partial charge in [0.2, 0.25) is 0 Å². The average molecular weight is 281 g/mol. The average Bonchev–Trinajstić information content (AvgIpc) is 2.81. The Labute approximate surface area is 117 Å². The van der Waals surface area contributed by atoms with Gasteiger partial charge in [0.15, 0.2) is 12.4 Å². The molecule has 19 heavy (non-hydrogen) atoms. The topological polar surface area (TPSA) is 67.9 Å². The van der Waals surface area contributed by atoms with Gasteiger partial charge in [-0.3, -0.25) is 4.79 Å². The molecule has 1 aromatic rings. The second-order valence-corrected chi connectivity index (χ2v) is 5.34. The highest BCUT2D eigenvalue weighted by Crippen LogP contribution is 2.10. The van der Waals surface area contributed by atoms with Gasteiger partial charge in [0.05, 0.1) is 0 Å². The molecular weight excluding hydrogens is 262 g/mol. The molecule has 2 N–H and O–H groups in total. The van der Waals surface area contributed by atoms with Crippen LogP contribution in [-0.4, -0.2) is 36.3 Å². The highest BCUT2D eigenvalue weighted by atomic mass is 32.1. The SMILES string of the molecule is N/C(=N\OCC(=O)N1CCCCCC1)c1ccsc1. The Morgan fingerprint density at radius 2 is 2.11 bits per heavy atom. The summed E-state index contributed by atoms with van der Waals surface area (Å²) in [7, 11) is 0. The number of thiophene rings is 1. The molecule has 1 saturated heterocycles. The molecule has 1 aliphatic heterocycles. The molecular formula is C13H19N3O2S. The second-order valence-electron chi connectivity index (χ2n) is 4.56. The summed E-state index contributed by atoms with van der Waals surface area (Å²) in [5.41, 5.74) is 6.56. The lowest BCUT2D eigenvalue weighted by Gasteiger charge is -2.19. The van der Waals surface area contributed by atoms with Gasteiger partial charge in [-0.05, 0) is 24.3 Å². The van der Waals surface area contributed by atoms with Gasteiger partial charge in [0.1, 0.15) is 0 Å². The zero-order valence-electron chi connectivity index (χ0n) is 10.9. The number of nitrogens with two attached hydrogens (primary N) is 1. The summed E-state index contributed by atoms with van der Waals surface area (Å²) in [5.74, 6) is 0.300. The molecule has 2 rings (SSSR count). The predicted molar refractivity (Wildman–Crippen MR) is 76.0 cm³/mol. The van der Waals surface area contributed by atoms with Crippen LogP contribution in [0, 0.1) is 0 Å². The van der Waals surface area contributed by atoms with Gasteiger partial charge >= 0.3 is 0 Å². The van der Waals surface area contributed by atoms with Crippen LogP contribution in [0.1, 0.15) is 31.2 Å². The number of amides is 1. The fourth-order valence-electron chi connectivity index (χ4n) is 2.03. The van der Waals surface area contributed by atoms with E-state index >= 15 is 0 Å². The van der Waals surface area contributed by atoms with Crippen LogP contribution in [0.3, 0.4) is 0 Å². The van der Waals surface area contributed by atoms with Crippen molar-refractivity contribution < 1.29 is 9.63 Å². The smallest absolute Gasteiger partial charge is 0.263 e. The van der Waals surface area contributed by atoms with E-state index in [1.54, 1.807) is 11.3 Å². The van der Waals surface area contributed by atoms with Gasteiger partial charge in [-0.25, -0.2) is 0 Å². The van der Waals surface area contributed by atoms with E-state index in [4.69, 9.17) is 10.6 Å². The highest BCUT2D eigenvalue weighted by molar-refractivity contribution is 7.08. The second kappa shape index (κ2) is 7.13. The first-order valence-corrected chi connectivity index (χ1v) is 7.47. The Morgan fingerprint density at radius 1 is 1.37 bits per heavy atom. The van der Waals surface area contributed by atoms with Crippen LogP contribution in [0.5, 0.6) is 0 Å². The Balaban J connectivity index is 1.78. The maximum atomic E-state index is 11.9. The van der Waals surface area contributed by atoms with Crippen LogP contribution in [-0.2, 0) is 9.63 Å². The molecule has 0 atom stereocenters. The summed E-state index contributed by atoms with van der Waals surface area (Å²) in [6.07, 6.45) is 4.56. The molecule has 1 amide bonds. The van der Waals surface area contributed by atoms with E-state index < -0.39 is 0 Å². The summed E-state index contributed by atoms with van der Waals surface area (Å²) in [5, 5.41) is 7.58. The number of amidine groups is 1. The van der Waals surface area contributed by atoms with Gasteiger partial charge in [-0.2, -0.15) is 11.3 Å². The van der Waals surface area contributed by atoms with Gasteiger partial charge in [0, 0.05) is 24.0 Å². The molecule has 0 aromatic carbocycles. The molecule has 0 saturated carbocycles. The van der Waals surface area contributed by atoms with Gasteiger partial charge in [-0.1, -0.05) is 18.0 Å². The summed E-state index contributed by atoms with van der Waals surface area (Å²) in [6.45, 7) is 1.61. The molecule has 1 aromatic heterocycles. The highest BCUT2D eigenvalue weighted by Gasteiger charge is 2.15. The van der Waals surface area contributed by atoms with Crippen molar-refractivity contribution in [1.29, 1.82) is 0 Å². The lowest BCUT2D eigenvalue weighted by Crippen LogP contribution is -2.34. The first-order valence-electron chi connectivity index (χ1n) is 6.53. The van der Waals surface area contributed by atoms with Crippen LogP contribution in [0.2, 0.25) is 0 Å². The lowest BCUT2D eigenvalue weighted by molar-refractivity contribution is -0.136. The Hall–Kier alpha value is -1.56. The standard InChI is InChI=1S/C13H19N3O2S/c14-13(11-5-8-19-10-11)15-18-9-12(17)16-6-3-1-2-4-7-16/h5,8,10H,1-4,6-7,9H2,(H2,14,15). The van der Waals surface area contributed by atoms with Crippen molar-refractivity contribution in [2.24, 2.45) is 10.9 Å². The van der Waals surface area contributed by atoms with Crippen molar-refractivity contribution in [2.45, 2.75) is 25.7 Å². The molecule has 1 aliphatic rings. The largest absolute Gasteiger partial charge is 0.384 e. The number of rotatable bonds is 4. The number of carbonyl (C=O) groups is 1. The lowest BCUT2D eigenvalue weighted by atomic mass is 10.2. The molecule has 5 nitrogen and oxygen atoms in total. The van der Waals surface area contributed by atoms with Gasteiger partial charge in [-0.15, -0.1) is 0 Å². The Morgan fingerprint density at radius 3 is 2.74 bits per heavy atom. The van der Waals surface area contributed by atoms with Crippen molar-refractivity contribution in [1.82, 2.24) is 4.90 Å². The molecule has 0 radical (unpaired) electrons. The third-order valence-corrected chi connectivity index (χ3v) is 3.81. The van der Waals surface area contributed by atoms with E-state index in [0.29, 0.717) is 5.84 Å². The zero-order valence-corrected chi connectivity index (χ0v) is 11.7. The molecule has 0 bridgehead atoms. The molecule has 104 valence electrons. The first-order chi connectivity index (χ1) is 9.27. The molecule has 6 heteroatoms. The maximum Gasteiger partial charge on any atom is 0.263 e. The van der Waals surface area contributed by atoms with Crippen molar-refractivity contribution in [3.63, 3.8) is 0 Å². The van der Waals surface area contributed by atoms with E-state index in [0.717, 1.165) is 31.5 Å². The first kappa shape index (κ1) is 13.9. The number of likely N-dealkylation sites (tertiary alicyclic amines) is 1. The van der Waals surface area contributed by atoms with Crippen molar-refractivity contribution in [3.8, 4) is 0 Å². The number of hydrogen-bond acceptors (Lipinski definition) is 4. The third kappa shape index (κ3) is 4.24. The Bertz CT molecular complexity index is 423. The molecule has 2 heterocycles. The van der Waals surface area contributed by atoms with Gasteiger partial charge in [0.25, 0.3) is 5.91 Å². The normalized spacial score (nSPS) is 17.1.